The molecule has 2 aromatic rings. The number of rotatable bonds is 4. The van der Waals surface area contributed by atoms with E-state index in [4.69, 9.17) is 15.2 Å². The molecule has 4 rings (SSSR count). The van der Waals surface area contributed by atoms with E-state index in [0.717, 1.165) is 22.3 Å². The molecule has 2 aliphatic rings. The van der Waals surface area contributed by atoms with Crippen LogP contribution in [0.1, 0.15) is 24.0 Å². The number of nitriles is 1. The van der Waals surface area contributed by atoms with Crippen molar-refractivity contribution in [3.63, 3.8) is 0 Å². The van der Waals surface area contributed by atoms with Gasteiger partial charge in [-0.2, -0.15) is 5.26 Å². The minimum absolute atomic E-state index is 0.261. The van der Waals surface area contributed by atoms with Gasteiger partial charge in [0.25, 0.3) is 0 Å². The molecule has 0 radical (unpaired) electrons. The maximum absolute atomic E-state index is 13.6. The minimum Gasteiger partial charge on any atom is -0.493 e. The first-order chi connectivity index (χ1) is 14.5. The number of hydrogen-bond acceptors (Lipinski definition) is 5. The van der Waals surface area contributed by atoms with Crippen LogP contribution in [0.15, 0.2) is 36.4 Å². The number of nitrogens with one attached hydrogen (secondary N) is 1. The molecule has 0 bridgehead atoms. The predicted octanol–water partition coefficient (Wildman–Crippen LogP) is 2.49. The number of nitrogens with zero attached hydrogens (tertiary/aromatic N) is 1. The predicted molar refractivity (Wildman–Crippen MR) is 109 cm³/mol. The SMILES string of the molecule is N#C[C@H](Cc1ccc2c(c1)OCCc1cc(F)ccc1-2)NC(=O)C1(N)CCOCC1. The summed E-state index contributed by atoms with van der Waals surface area (Å²) in [5.41, 5.74) is 8.84. The molecule has 0 aliphatic carbocycles. The van der Waals surface area contributed by atoms with Crippen LogP contribution in [0.5, 0.6) is 5.75 Å². The molecule has 0 spiro atoms. The Morgan fingerprint density at radius 1 is 1.20 bits per heavy atom. The molecule has 2 aliphatic heterocycles. The Balaban J connectivity index is 1.51. The maximum atomic E-state index is 13.6. The molecule has 0 aromatic heterocycles. The van der Waals surface area contributed by atoms with Crippen LogP contribution in [-0.2, 0) is 22.4 Å². The highest BCUT2D eigenvalue weighted by Crippen LogP contribution is 2.36. The normalized spacial score (nSPS) is 18.0. The first kappa shape index (κ1) is 20.3. The van der Waals surface area contributed by atoms with Gasteiger partial charge < -0.3 is 20.5 Å². The molecule has 2 heterocycles. The molecule has 1 atom stereocenters. The van der Waals surface area contributed by atoms with E-state index in [1.807, 2.05) is 18.2 Å². The first-order valence-electron chi connectivity index (χ1n) is 10.1. The standard InChI is InChI=1S/C23H24FN3O3/c24-17-2-4-19-16(13-17)5-8-30-21-12-15(1-3-20(19)21)11-18(14-25)27-22(28)23(26)6-9-29-10-7-23/h1-4,12-13,18H,5-11,26H2,(H,27,28)/t18-/m0/s1. The zero-order valence-electron chi connectivity index (χ0n) is 16.6. The summed E-state index contributed by atoms with van der Waals surface area (Å²) >= 11 is 0. The Morgan fingerprint density at radius 3 is 2.73 bits per heavy atom. The van der Waals surface area contributed by atoms with Gasteiger partial charge in [-0.25, -0.2) is 4.39 Å². The first-order valence-corrected chi connectivity index (χ1v) is 10.1. The van der Waals surface area contributed by atoms with Crippen LogP contribution in [-0.4, -0.2) is 37.3 Å². The third kappa shape index (κ3) is 4.16. The fraction of sp³-hybridized carbons (Fsp3) is 0.391. The van der Waals surface area contributed by atoms with Crippen molar-refractivity contribution in [3.05, 3.63) is 53.3 Å². The molecule has 1 saturated heterocycles. The lowest BCUT2D eigenvalue weighted by Crippen LogP contribution is -2.58. The van der Waals surface area contributed by atoms with Gasteiger partial charge in [0, 0.05) is 31.6 Å². The zero-order chi connectivity index (χ0) is 21.1. The number of nitrogens with two attached hydrogens (primary N) is 1. The van der Waals surface area contributed by atoms with Crippen LogP contribution >= 0.6 is 0 Å². The van der Waals surface area contributed by atoms with Crippen molar-refractivity contribution < 1.29 is 18.7 Å². The van der Waals surface area contributed by atoms with Crippen molar-refractivity contribution >= 4 is 5.91 Å². The average molecular weight is 409 g/mol. The van der Waals surface area contributed by atoms with Gasteiger partial charge in [0.05, 0.1) is 18.2 Å². The molecule has 0 saturated carbocycles. The summed E-state index contributed by atoms with van der Waals surface area (Å²) in [6.45, 7) is 1.33. The van der Waals surface area contributed by atoms with Crippen LogP contribution in [0.2, 0.25) is 0 Å². The van der Waals surface area contributed by atoms with E-state index in [0.29, 0.717) is 51.3 Å². The van der Waals surface area contributed by atoms with Gasteiger partial charge in [0.15, 0.2) is 0 Å². The maximum Gasteiger partial charge on any atom is 0.241 e. The molecule has 6 nitrogen and oxygen atoms in total. The van der Waals surface area contributed by atoms with Crippen LogP contribution in [0, 0.1) is 17.1 Å². The monoisotopic (exact) mass is 409 g/mol. The molecule has 3 N–H and O–H groups in total. The molecular weight excluding hydrogens is 385 g/mol. The highest BCUT2D eigenvalue weighted by molar-refractivity contribution is 5.86. The average Bonchev–Trinajstić information content (AvgIpc) is 2.92. The van der Waals surface area contributed by atoms with E-state index in [2.05, 4.69) is 11.4 Å². The van der Waals surface area contributed by atoms with Crippen molar-refractivity contribution in [3.8, 4) is 22.9 Å². The van der Waals surface area contributed by atoms with Crippen molar-refractivity contribution in [2.24, 2.45) is 5.73 Å². The number of fused-ring (bicyclic) bond motifs is 3. The van der Waals surface area contributed by atoms with Gasteiger partial charge in [0.1, 0.15) is 17.6 Å². The molecule has 2 aromatic carbocycles. The highest BCUT2D eigenvalue weighted by atomic mass is 19.1. The molecule has 1 amide bonds. The second kappa shape index (κ2) is 8.42. The number of carbonyl (C=O) groups is 1. The number of benzene rings is 2. The lowest BCUT2D eigenvalue weighted by Gasteiger charge is -2.32. The molecular formula is C23H24FN3O3. The number of halogens is 1. The van der Waals surface area contributed by atoms with Gasteiger partial charge in [-0.1, -0.05) is 18.2 Å². The van der Waals surface area contributed by atoms with Crippen LogP contribution in [0.4, 0.5) is 4.39 Å². The summed E-state index contributed by atoms with van der Waals surface area (Å²) in [4.78, 5) is 12.6. The quantitative estimate of drug-likeness (QED) is 0.809. The smallest absolute Gasteiger partial charge is 0.241 e. The minimum atomic E-state index is -0.997. The number of carbonyl (C=O) groups excluding carboxylic acids is 1. The summed E-state index contributed by atoms with van der Waals surface area (Å²) < 4.78 is 24.8. The highest BCUT2D eigenvalue weighted by Gasteiger charge is 2.36. The van der Waals surface area contributed by atoms with Crippen LogP contribution in [0.25, 0.3) is 11.1 Å². The Hall–Kier alpha value is -2.95. The summed E-state index contributed by atoms with van der Waals surface area (Å²) in [5.74, 6) is 0.114. The van der Waals surface area contributed by atoms with Crippen molar-refractivity contribution in [2.45, 2.75) is 37.3 Å². The lowest BCUT2D eigenvalue weighted by atomic mass is 9.90. The Morgan fingerprint density at radius 2 is 1.97 bits per heavy atom. The third-order valence-corrected chi connectivity index (χ3v) is 5.77. The molecule has 30 heavy (non-hydrogen) atoms. The van der Waals surface area contributed by atoms with Gasteiger partial charge in [-0.15, -0.1) is 0 Å². The fourth-order valence-corrected chi connectivity index (χ4v) is 3.97. The Bertz CT molecular complexity index is 996. The second-order valence-corrected chi connectivity index (χ2v) is 7.86. The van der Waals surface area contributed by atoms with Crippen LogP contribution < -0.4 is 15.8 Å². The number of amides is 1. The van der Waals surface area contributed by atoms with Crippen molar-refractivity contribution in [1.82, 2.24) is 5.32 Å². The Labute approximate surface area is 174 Å². The summed E-state index contributed by atoms with van der Waals surface area (Å²) in [5, 5.41) is 12.3. The van der Waals surface area contributed by atoms with E-state index in [-0.39, 0.29) is 11.7 Å². The number of ether oxygens (including phenoxy) is 2. The van der Waals surface area contributed by atoms with Crippen LogP contribution in [0.3, 0.4) is 0 Å². The second-order valence-electron chi connectivity index (χ2n) is 7.86. The van der Waals surface area contributed by atoms with Crippen molar-refractivity contribution in [1.29, 1.82) is 5.26 Å². The van der Waals surface area contributed by atoms with E-state index in [1.165, 1.54) is 6.07 Å². The largest absolute Gasteiger partial charge is 0.493 e. The van der Waals surface area contributed by atoms with Gasteiger partial charge in [0.2, 0.25) is 5.91 Å². The third-order valence-electron chi connectivity index (χ3n) is 5.77. The molecule has 0 unspecified atom stereocenters. The van der Waals surface area contributed by atoms with Gasteiger partial charge in [-0.3, -0.25) is 4.79 Å². The lowest BCUT2D eigenvalue weighted by molar-refractivity contribution is -0.130. The zero-order valence-corrected chi connectivity index (χ0v) is 16.6. The summed E-state index contributed by atoms with van der Waals surface area (Å²) in [7, 11) is 0. The van der Waals surface area contributed by atoms with E-state index in [9.17, 15) is 14.4 Å². The van der Waals surface area contributed by atoms with E-state index >= 15 is 0 Å². The summed E-state index contributed by atoms with van der Waals surface area (Å²) in [6.07, 6.45) is 1.82. The topological polar surface area (TPSA) is 97.4 Å². The van der Waals surface area contributed by atoms with E-state index in [1.54, 1.807) is 12.1 Å². The molecule has 7 heteroatoms. The van der Waals surface area contributed by atoms with Gasteiger partial charge >= 0.3 is 0 Å². The number of hydrogen-bond donors (Lipinski definition) is 2. The molecule has 1 fully saturated rings. The van der Waals surface area contributed by atoms with E-state index < -0.39 is 11.6 Å². The molecule has 156 valence electrons. The van der Waals surface area contributed by atoms with Gasteiger partial charge in [-0.05, 0) is 47.7 Å². The fourth-order valence-electron chi connectivity index (χ4n) is 3.97. The summed E-state index contributed by atoms with van der Waals surface area (Å²) in [6, 6.07) is 11.9. The van der Waals surface area contributed by atoms with Crippen molar-refractivity contribution in [2.75, 3.05) is 19.8 Å². The Kier molecular flexibility index (Phi) is 5.71.